The van der Waals surface area contributed by atoms with E-state index in [0.29, 0.717) is 6.61 Å². The smallest absolute Gasteiger partial charge is 0.163 e. The van der Waals surface area contributed by atoms with E-state index in [1.165, 1.54) is 12.0 Å². The van der Waals surface area contributed by atoms with Crippen LogP contribution in [0.3, 0.4) is 0 Å². The molecule has 0 spiro atoms. The Morgan fingerprint density at radius 3 is 2.52 bits per heavy atom. The number of rotatable bonds is 11. The fraction of sp³-hybridized carbons (Fsp3) is 0.333. The van der Waals surface area contributed by atoms with E-state index >= 15 is 0 Å². The second-order valence-corrected chi connectivity index (χ2v) is 8.65. The van der Waals surface area contributed by atoms with Gasteiger partial charge in [-0.15, -0.1) is 16.8 Å². The summed E-state index contributed by atoms with van der Waals surface area (Å²) in [5.41, 5.74) is 2.42. The largest absolute Gasteiger partial charge is 0.508 e. The van der Waals surface area contributed by atoms with E-state index in [2.05, 4.69) is 36.7 Å². The van der Waals surface area contributed by atoms with Crippen molar-refractivity contribution in [2.75, 3.05) is 12.4 Å². The summed E-state index contributed by atoms with van der Waals surface area (Å²) in [4.78, 5) is 0. The first kappa shape index (κ1) is 26.3. The van der Waals surface area contributed by atoms with Crippen LogP contribution in [0.2, 0.25) is 0 Å². The molecule has 176 valence electrons. The van der Waals surface area contributed by atoms with Gasteiger partial charge in [0.05, 0.1) is 12.4 Å². The number of phenols is 1. The molecule has 0 radical (unpaired) electrons. The Kier molecular flexibility index (Phi) is 11.9. The SMILES string of the molecule is C=CCC/C(C)=C\CC.Cn1c(CSCCOc2ccccc2)nnc1-c1ccc(O)cc1. The van der Waals surface area contributed by atoms with Crippen LogP contribution in [-0.4, -0.2) is 32.2 Å². The Bertz CT molecular complexity index is 982. The number of thioether (sulfide) groups is 1. The van der Waals surface area contributed by atoms with Crippen LogP contribution < -0.4 is 4.74 Å². The number of phenolic OH excluding ortho intramolecular Hbond substituents is 1. The van der Waals surface area contributed by atoms with E-state index in [-0.39, 0.29) is 5.75 Å². The van der Waals surface area contributed by atoms with Crippen LogP contribution in [0.25, 0.3) is 11.4 Å². The fourth-order valence-corrected chi connectivity index (χ4v) is 3.81. The molecule has 1 heterocycles. The third kappa shape index (κ3) is 9.58. The number of hydrogen-bond acceptors (Lipinski definition) is 5. The molecule has 0 atom stereocenters. The molecule has 0 unspecified atom stereocenters. The number of nitrogens with zero attached hydrogens (tertiary/aromatic N) is 3. The summed E-state index contributed by atoms with van der Waals surface area (Å²) in [6.07, 6.45) is 7.68. The summed E-state index contributed by atoms with van der Waals surface area (Å²) >= 11 is 1.76. The molecular formula is C27H35N3O2S. The Hall–Kier alpha value is -2.99. The first-order valence-corrected chi connectivity index (χ1v) is 12.4. The van der Waals surface area contributed by atoms with Crippen molar-refractivity contribution in [1.29, 1.82) is 0 Å². The van der Waals surface area contributed by atoms with Gasteiger partial charge in [-0.3, -0.25) is 0 Å². The summed E-state index contributed by atoms with van der Waals surface area (Å²) in [5.74, 6) is 4.52. The van der Waals surface area contributed by atoms with Crippen LogP contribution in [-0.2, 0) is 12.8 Å². The molecule has 0 bridgehead atoms. The van der Waals surface area contributed by atoms with Gasteiger partial charge in [0.2, 0.25) is 0 Å². The molecule has 0 aliphatic carbocycles. The zero-order chi connectivity index (χ0) is 23.9. The molecule has 1 N–H and O–H groups in total. The second kappa shape index (κ2) is 15.0. The molecule has 0 aliphatic heterocycles. The van der Waals surface area contributed by atoms with Crippen molar-refractivity contribution in [3.63, 3.8) is 0 Å². The lowest BCUT2D eigenvalue weighted by molar-refractivity contribution is 0.344. The van der Waals surface area contributed by atoms with Gasteiger partial charge in [-0.2, -0.15) is 11.8 Å². The van der Waals surface area contributed by atoms with Crippen LogP contribution in [0.5, 0.6) is 11.5 Å². The van der Waals surface area contributed by atoms with E-state index in [4.69, 9.17) is 4.74 Å². The minimum Gasteiger partial charge on any atom is -0.508 e. The van der Waals surface area contributed by atoms with Crippen molar-refractivity contribution in [3.05, 3.63) is 84.7 Å². The number of hydrogen-bond donors (Lipinski definition) is 1. The lowest BCUT2D eigenvalue weighted by Crippen LogP contribution is -2.02. The Labute approximate surface area is 202 Å². The number of allylic oxidation sites excluding steroid dienone is 3. The number of benzene rings is 2. The van der Waals surface area contributed by atoms with Crippen molar-refractivity contribution in [2.24, 2.45) is 7.05 Å². The molecule has 0 fully saturated rings. The highest BCUT2D eigenvalue weighted by Crippen LogP contribution is 2.21. The van der Waals surface area contributed by atoms with Crippen LogP contribution >= 0.6 is 11.8 Å². The monoisotopic (exact) mass is 465 g/mol. The Balaban J connectivity index is 0.000000365. The molecule has 3 rings (SSSR count). The van der Waals surface area contributed by atoms with Crippen molar-refractivity contribution < 1.29 is 9.84 Å². The molecule has 6 heteroatoms. The molecule has 3 aromatic rings. The number of ether oxygens (including phenoxy) is 1. The van der Waals surface area contributed by atoms with E-state index in [0.717, 1.165) is 47.3 Å². The van der Waals surface area contributed by atoms with Gasteiger partial charge >= 0.3 is 0 Å². The van der Waals surface area contributed by atoms with Crippen LogP contribution in [0.15, 0.2) is 78.9 Å². The van der Waals surface area contributed by atoms with E-state index in [9.17, 15) is 5.11 Å². The zero-order valence-corrected chi connectivity index (χ0v) is 20.7. The molecule has 2 aromatic carbocycles. The highest BCUT2D eigenvalue weighted by molar-refractivity contribution is 7.98. The zero-order valence-electron chi connectivity index (χ0n) is 19.9. The van der Waals surface area contributed by atoms with Crippen molar-refractivity contribution in [2.45, 2.75) is 38.9 Å². The highest BCUT2D eigenvalue weighted by Gasteiger charge is 2.10. The first-order chi connectivity index (χ1) is 16.0. The Morgan fingerprint density at radius 2 is 1.85 bits per heavy atom. The van der Waals surface area contributed by atoms with Gasteiger partial charge in [-0.05, 0) is 62.6 Å². The van der Waals surface area contributed by atoms with E-state index in [1.54, 1.807) is 23.9 Å². The Morgan fingerprint density at radius 1 is 1.12 bits per heavy atom. The van der Waals surface area contributed by atoms with Gasteiger partial charge < -0.3 is 14.4 Å². The predicted molar refractivity (Wildman–Crippen MR) is 140 cm³/mol. The normalized spacial score (nSPS) is 10.9. The van der Waals surface area contributed by atoms with Crippen molar-refractivity contribution in [1.82, 2.24) is 14.8 Å². The molecule has 5 nitrogen and oxygen atoms in total. The maximum Gasteiger partial charge on any atom is 0.163 e. The lowest BCUT2D eigenvalue weighted by Gasteiger charge is -2.06. The predicted octanol–water partition coefficient (Wildman–Crippen LogP) is 6.81. The van der Waals surface area contributed by atoms with Crippen molar-refractivity contribution in [3.8, 4) is 22.9 Å². The maximum atomic E-state index is 9.37. The molecular weight excluding hydrogens is 430 g/mol. The third-order valence-electron chi connectivity index (χ3n) is 4.86. The molecule has 33 heavy (non-hydrogen) atoms. The van der Waals surface area contributed by atoms with Crippen LogP contribution in [0.4, 0.5) is 0 Å². The minimum atomic E-state index is 0.245. The number of aromatic nitrogens is 3. The standard InChI is InChI=1S/C18H19N3O2S.C9H16/c1-21-17(13-24-12-11-23-16-5-3-2-4-6-16)19-20-18(21)14-7-9-15(22)10-8-14;1-4-6-8-9(3)7-5-2/h2-10,22H,11-13H2,1H3;4,7H,1,5-6,8H2,2-3H3/b;9-7-. The van der Waals surface area contributed by atoms with E-state index < -0.39 is 0 Å². The third-order valence-corrected chi connectivity index (χ3v) is 5.77. The molecule has 0 aliphatic rings. The van der Waals surface area contributed by atoms with E-state index in [1.807, 2.05) is 60.2 Å². The fourth-order valence-electron chi connectivity index (χ4n) is 3.03. The van der Waals surface area contributed by atoms with Gasteiger partial charge in [0, 0.05) is 18.4 Å². The highest BCUT2D eigenvalue weighted by atomic mass is 32.2. The average molecular weight is 466 g/mol. The van der Waals surface area contributed by atoms with Gasteiger partial charge in [-0.25, -0.2) is 0 Å². The molecule has 0 saturated carbocycles. The quantitative estimate of drug-likeness (QED) is 0.249. The molecule has 0 saturated heterocycles. The van der Waals surface area contributed by atoms with Gasteiger partial charge in [-0.1, -0.05) is 42.8 Å². The summed E-state index contributed by atoms with van der Waals surface area (Å²) in [5, 5.41) is 17.9. The van der Waals surface area contributed by atoms with Gasteiger partial charge in [0.25, 0.3) is 0 Å². The average Bonchev–Trinajstić information content (AvgIpc) is 3.19. The summed E-state index contributed by atoms with van der Waals surface area (Å²) in [7, 11) is 1.96. The van der Waals surface area contributed by atoms with Crippen LogP contribution in [0, 0.1) is 0 Å². The second-order valence-electron chi connectivity index (χ2n) is 7.55. The summed E-state index contributed by atoms with van der Waals surface area (Å²) < 4.78 is 7.66. The lowest BCUT2D eigenvalue weighted by atomic mass is 10.1. The van der Waals surface area contributed by atoms with Gasteiger partial charge in [0.1, 0.15) is 17.3 Å². The topological polar surface area (TPSA) is 60.2 Å². The number of para-hydroxylation sites is 1. The maximum absolute atomic E-state index is 9.37. The first-order valence-electron chi connectivity index (χ1n) is 11.2. The summed E-state index contributed by atoms with van der Waals surface area (Å²) in [6, 6.07) is 16.8. The molecule has 1 aromatic heterocycles. The van der Waals surface area contributed by atoms with Crippen molar-refractivity contribution >= 4 is 11.8 Å². The summed E-state index contributed by atoms with van der Waals surface area (Å²) in [6.45, 7) is 8.67. The number of aromatic hydroxyl groups is 1. The molecule has 0 amide bonds. The van der Waals surface area contributed by atoms with Gasteiger partial charge in [0.15, 0.2) is 5.82 Å². The van der Waals surface area contributed by atoms with Crippen LogP contribution in [0.1, 0.15) is 38.9 Å². The minimum absolute atomic E-state index is 0.245.